The van der Waals surface area contributed by atoms with E-state index in [-0.39, 0.29) is 11.0 Å². The number of benzene rings is 1. The van der Waals surface area contributed by atoms with Gasteiger partial charge in [-0.05, 0) is 24.4 Å². The Balaban J connectivity index is 2.33. The van der Waals surface area contributed by atoms with E-state index in [1.165, 1.54) is 18.6 Å². The highest BCUT2D eigenvalue weighted by Crippen LogP contribution is 2.10. The molecule has 0 unspecified atom stereocenters. The first-order valence-electron chi connectivity index (χ1n) is 5.40. The molecule has 19 heavy (non-hydrogen) atoms. The van der Waals surface area contributed by atoms with Gasteiger partial charge in [-0.25, -0.2) is 4.98 Å². The van der Waals surface area contributed by atoms with Crippen LogP contribution < -0.4 is 16.2 Å². The molecule has 96 valence electrons. The number of amides is 1. The number of nitrogens with two attached hydrogens (primary N) is 1. The number of nitrogens with one attached hydrogen (secondary N) is 1. The van der Waals surface area contributed by atoms with Gasteiger partial charge in [0.2, 0.25) is 0 Å². The first kappa shape index (κ1) is 12.9. The van der Waals surface area contributed by atoms with Crippen molar-refractivity contribution in [3.05, 3.63) is 54.5 Å². The Morgan fingerprint density at radius 2 is 2.00 bits per heavy atom. The van der Waals surface area contributed by atoms with Crippen molar-refractivity contribution in [3.63, 3.8) is 0 Å². The fourth-order valence-electron chi connectivity index (χ4n) is 1.44. The molecule has 6 nitrogen and oxygen atoms in total. The van der Waals surface area contributed by atoms with Crippen LogP contribution in [-0.4, -0.2) is 21.0 Å². The van der Waals surface area contributed by atoms with Gasteiger partial charge < -0.3 is 5.73 Å². The third-order valence-corrected chi connectivity index (χ3v) is 2.32. The molecule has 2 aromatic rings. The Labute approximate surface area is 115 Å². The van der Waals surface area contributed by atoms with Crippen molar-refractivity contribution in [1.29, 1.82) is 0 Å². The molecule has 0 radical (unpaired) electrons. The lowest BCUT2D eigenvalue weighted by molar-refractivity contribution is 0.0980. The summed E-state index contributed by atoms with van der Waals surface area (Å²) in [6, 6.07) is 8.73. The van der Waals surface area contributed by atoms with E-state index in [4.69, 9.17) is 18.0 Å². The summed E-state index contributed by atoms with van der Waals surface area (Å²) in [5.41, 5.74) is 8.49. The van der Waals surface area contributed by atoms with Crippen LogP contribution >= 0.6 is 12.2 Å². The van der Waals surface area contributed by atoms with Gasteiger partial charge in [0.25, 0.3) is 5.91 Å². The van der Waals surface area contributed by atoms with Crippen LogP contribution in [0.4, 0.5) is 5.82 Å². The molecule has 0 aliphatic carbocycles. The lowest BCUT2D eigenvalue weighted by atomic mass is 10.2. The van der Waals surface area contributed by atoms with Crippen LogP contribution in [0, 0.1) is 0 Å². The van der Waals surface area contributed by atoms with Crippen molar-refractivity contribution >= 4 is 29.1 Å². The van der Waals surface area contributed by atoms with E-state index in [1.807, 2.05) is 6.07 Å². The summed E-state index contributed by atoms with van der Waals surface area (Å²) < 4.78 is 0. The van der Waals surface area contributed by atoms with E-state index in [0.29, 0.717) is 11.4 Å². The second kappa shape index (κ2) is 5.87. The number of hydrogen-bond donors (Lipinski definition) is 2. The molecule has 1 aromatic heterocycles. The maximum Gasteiger partial charge on any atom is 0.278 e. The van der Waals surface area contributed by atoms with Crippen LogP contribution in [0.15, 0.2) is 48.9 Å². The molecule has 2 rings (SSSR count). The zero-order valence-corrected chi connectivity index (χ0v) is 10.7. The summed E-state index contributed by atoms with van der Waals surface area (Å²) in [7, 11) is 0. The number of hydrogen-bond acceptors (Lipinski definition) is 4. The molecule has 0 spiro atoms. The third kappa shape index (κ3) is 3.23. The second-order valence-electron chi connectivity index (χ2n) is 3.55. The van der Waals surface area contributed by atoms with Crippen molar-refractivity contribution in [2.75, 3.05) is 5.01 Å². The molecule has 1 heterocycles. The smallest absolute Gasteiger partial charge is 0.278 e. The fourth-order valence-corrected chi connectivity index (χ4v) is 1.53. The van der Waals surface area contributed by atoms with Gasteiger partial charge in [-0.3, -0.25) is 15.2 Å². The lowest BCUT2D eigenvalue weighted by Crippen LogP contribution is -2.49. The molecule has 0 aliphatic rings. The molecule has 0 saturated heterocycles. The van der Waals surface area contributed by atoms with E-state index in [9.17, 15) is 4.79 Å². The molecular weight excluding hydrogens is 262 g/mol. The fraction of sp³-hybridized carbons (Fsp3) is 0. The summed E-state index contributed by atoms with van der Waals surface area (Å²) in [6.45, 7) is 0. The minimum atomic E-state index is -0.325. The van der Waals surface area contributed by atoms with Gasteiger partial charge >= 0.3 is 0 Å². The SMILES string of the molecule is NC(=S)NN(C(=O)c1ccccc1)c1cnccn1. The highest BCUT2D eigenvalue weighted by molar-refractivity contribution is 7.80. The van der Waals surface area contributed by atoms with Gasteiger partial charge in [0.1, 0.15) is 0 Å². The number of carbonyl (C=O) groups excluding carboxylic acids is 1. The number of aromatic nitrogens is 2. The van der Waals surface area contributed by atoms with E-state index < -0.39 is 0 Å². The second-order valence-corrected chi connectivity index (χ2v) is 3.99. The van der Waals surface area contributed by atoms with Crippen molar-refractivity contribution in [2.24, 2.45) is 5.73 Å². The number of anilines is 1. The molecule has 0 aliphatic heterocycles. The molecule has 0 fully saturated rings. The highest BCUT2D eigenvalue weighted by Gasteiger charge is 2.19. The van der Waals surface area contributed by atoms with Gasteiger partial charge in [-0.2, -0.15) is 5.01 Å². The van der Waals surface area contributed by atoms with E-state index in [2.05, 4.69) is 15.4 Å². The topological polar surface area (TPSA) is 84.1 Å². The van der Waals surface area contributed by atoms with Crippen LogP contribution in [0.5, 0.6) is 0 Å². The summed E-state index contributed by atoms with van der Waals surface area (Å²) >= 11 is 4.77. The largest absolute Gasteiger partial charge is 0.375 e. The minimum absolute atomic E-state index is 0.0325. The van der Waals surface area contributed by atoms with Crippen molar-refractivity contribution in [2.45, 2.75) is 0 Å². The van der Waals surface area contributed by atoms with E-state index in [1.54, 1.807) is 24.3 Å². The Morgan fingerprint density at radius 3 is 2.58 bits per heavy atom. The van der Waals surface area contributed by atoms with Gasteiger partial charge in [0, 0.05) is 18.0 Å². The van der Waals surface area contributed by atoms with Crippen LogP contribution in [0.3, 0.4) is 0 Å². The standard InChI is InChI=1S/C12H11N5OS/c13-12(19)16-17(10-8-14-6-7-15-10)11(18)9-4-2-1-3-5-9/h1-8H,(H3,13,16,19). The molecule has 0 saturated carbocycles. The zero-order valence-electron chi connectivity index (χ0n) is 9.85. The quantitative estimate of drug-likeness (QED) is 0.624. The molecule has 1 amide bonds. The van der Waals surface area contributed by atoms with Crippen LogP contribution in [-0.2, 0) is 0 Å². The number of carbonyl (C=O) groups is 1. The normalized spacial score (nSPS) is 9.68. The first-order chi connectivity index (χ1) is 9.18. The van der Waals surface area contributed by atoms with E-state index >= 15 is 0 Å². The van der Waals surface area contributed by atoms with E-state index in [0.717, 1.165) is 5.01 Å². The number of hydrazine groups is 1. The Morgan fingerprint density at radius 1 is 1.26 bits per heavy atom. The van der Waals surface area contributed by atoms with Crippen molar-refractivity contribution in [3.8, 4) is 0 Å². The number of nitrogens with zero attached hydrogens (tertiary/aromatic N) is 3. The zero-order chi connectivity index (χ0) is 13.7. The predicted molar refractivity (Wildman–Crippen MR) is 75.2 cm³/mol. The number of thiocarbonyl (C=S) groups is 1. The number of rotatable bonds is 2. The molecule has 0 atom stereocenters. The summed E-state index contributed by atoms with van der Waals surface area (Å²) in [5, 5.41) is 1.12. The average molecular weight is 273 g/mol. The third-order valence-electron chi connectivity index (χ3n) is 2.22. The van der Waals surface area contributed by atoms with Gasteiger partial charge in [-0.1, -0.05) is 18.2 Å². The van der Waals surface area contributed by atoms with Crippen molar-refractivity contribution in [1.82, 2.24) is 15.4 Å². The average Bonchev–Trinajstić information content (AvgIpc) is 2.46. The summed E-state index contributed by atoms with van der Waals surface area (Å²) in [5.74, 6) is -0.0157. The summed E-state index contributed by atoms with van der Waals surface area (Å²) in [6.07, 6.45) is 4.42. The first-order valence-corrected chi connectivity index (χ1v) is 5.81. The highest BCUT2D eigenvalue weighted by atomic mass is 32.1. The van der Waals surface area contributed by atoms with Crippen molar-refractivity contribution < 1.29 is 4.79 Å². The monoisotopic (exact) mass is 273 g/mol. The maximum absolute atomic E-state index is 12.4. The minimum Gasteiger partial charge on any atom is -0.375 e. The predicted octanol–water partition coefficient (Wildman–Crippen LogP) is 0.872. The Bertz CT molecular complexity index is 575. The van der Waals surface area contributed by atoms with Gasteiger partial charge in [-0.15, -0.1) is 0 Å². The molecular formula is C12H11N5OS. The van der Waals surface area contributed by atoms with Gasteiger partial charge in [0.05, 0.1) is 6.20 Å². The Hall–Kier alpha value is -2.54. The Kier molecular flexibility index (Phi) is 3.99. The molecule has 7 heteroatoms. The summed E-state index contributed by atoms with van der Waals surface area (Å²) in [4.78, 5) is 20.3. The lowest BCUT2D eigenvalue weighted by Gasteiger charge is -2.21. The van der Waals surface area contributed by atoms with Crippen LogP contribution in [0.1, 0.15) is 10.4 Å². The van der Waals surface area contributed by atoms with Crippen LogP contribution in [0.2, 0.25) is 0 Å². The molecule has 1 aromatic carbocycles. The van der Waals surface area contributed by atoms with Gasteiger partial charge in [0.15, 0.2) is 10.9 Å². The maximum atomic E-state index is 12.4. The molecule has 3 N–H and O–H groups in total. The van der Waals surface area contributed by atoms with Crippen LogP contribution in [0.25, 0.3) is 0 Å². The molecule has 0 bridgehead atoms.